The Morgan fingerprint density at radius 1 is 1.58 bits per heavy atom. The van der Waals surface area contributed by atoms with Gasteiger partial charge in [0.25, 0.3) is 5.78 Å². The van der Waals surface area contributed by atoms with E-state index in [1.165, 1.54) is 6.92 Å². The van der Waals surface area contributed by atoms with Crippen molar-refractivity contribution >= 4 is 17.5 Å². The Labute approximate surface area is 111 Å². The summed E-state index contributed by atoms with van der Waals surface area (Å²) in [5, 5.41) is 10.4. The van der Waals surface area contributed by atoms with Crippen LogP contribution in [0.2, 0.25) is 0 Å². The lowest BCUT2D eigenvalue weighted by Crippen LogP contribution is -2.44. The van der Waals surface area contributed by atoms with E-state index < -0.39 is 29.0 Å². The van der Waals surface area contributed by atoms with E-state index in [0.717, 1.165) is 12.8 Å². The van der Waals surface area contributed by atoms with Gasteiger partial charge in [-0.3, -0.25) is 4.79 Å². The van der Waals surface area contributed by atoms with E-state index in [9.17, 15) is 14.7 Å². The predicted octanol–water partition coefficient (Wildman–Crippen LogP) is 0.897. The van der Waals surface area contributed by atoms with Gasteiger partial charge < -0.3 is 15.4 Å². The van der Waals surface area contributed by atoms with Gasteiger partial charge in [-0.25, -0.2) is 4.79 Å². The molecule has 6 nitrogen and oxygen atoms in total. The first kappa shape index (κ1) is 15.3. The zero-order valence-electron chi connectivity index (χ0n) is 11.1. The summed E-state index contributed by atoms with van der Waals surface area (Å²) in [7, 11) is 0. The molecule has 6 heteroatoms. The fraction of sp³-hybridized carbons (Fsp3) is 0.615. The maximum atomic E-state index is 12.1. The van der Waals surface area contributed by atoms with Crippen LogP contribution in [-0.2, 0) is 14.3 Å². The molecule has 0 aromatic heterocycles. The number of nitrogens with zero attached hydrogens (tertiary/aromatic N) is 2. The molecule has 104 valence electrons. The van der Waals surface area contributed by atoms with Gasteiger partial charge in [-0.1, -0.05) is 19.1 Å². The second kappa shape index (κ2) is 6.41. The minimum atomic E-state index is -1.31. The zero-order chi connectivity index (χ0) is 14.5. The van der Waals surface area contributed by atoms with Crippen LogP contribution in [0.25, 0.3) is 5.53 Å². The first-order chi connectivity index (χ1) is 8.96. The van der Waals surface area contributed by atoms with Crippen LogP contribution >= 0.6 is 0 Å². The smallest absolute Gasteiger partial charge is 0.441 e. The fourth-order valence-electron chi connectivity index (χ4n) is 2.06. The first-order valence-corrected chi connectivity index (χ1v) is 6.29. The van der Waals surface area contributed by atoms with E-state index in [0.29, 0.717) is 6.42 Å². The number of hydrogen-bond donors (Lipinski definition) is 1. The van der Waals surface area contributed by atoms with E-state index in [1.54, 1.807) is 19.1 Å². The van der Waals surface area contributed by atoms with Crippen molar-refractivity contribution in [3.05, 3.63) is 17.7 Å². The summed E-state index contributed by atoms with van der Waals surface area (Å²) in [5.74, 6) is -2.58. The highest BCUT2D eigenvalue weighted by atomic mass is 16.5. The average molecular weight is 266 g/mol. The lowest BCUT2D eigenvalue weighted by molar-refractivity contribution is -0.143. The SMILES string of the molecule is CCOC(=O)C(=[N+]=[N-])C(=O)C(C)C1(O)C=CCCC1. The molecule has 0 heterocycles. The molecule has 1 rings (SSSR count). The maximum Gasteiger partial charge on any atom is 0.441 e. The van der Waals surface area contributed by atoms with Crippen LogP contribution < -0.4 is 0 Å². The number of carbonyl (C=O) groups excluding carboxylic acids is 2. The second-order valence-corrected chi connectivity index (χ2v) is 4.54. The van der Waals surface area contributed by atoms with Crippen molar-refractivity contribution in [3.63, 3.8) is 0 Å². The highest BCUT2D eigenvalue weighted by molar-refractivity contribution is 6.62. The molecule has 0 aromatic rings. The lowest BCUT2D eigenvalue weighted by Gasteiger charge is -2.31. The molecular formula is C13H18N2O4. The zero-order valence-corrected chi connectivity index (χ0v) is 11.1. The van der Waals surface area contributed by atoms with Crippen LogP contribution in [-0.4, -0.2) is 39.6 Å². The normalized spacial score (nSPS) is 23.3. The third-order valence-corrected chi connectivity index (χ3v) is 3.30. The largest absolute Gasteiger partial charge is 0.457 e. The van der Waals surface area contributed by atoms with Crippen molar-refractivity contribution in [2.45, 2.75) is 38.7 Å². The van der Waals surface area contributed by atoms with Gasteiger partial charge >= 0.3 is 11.7 Å². The average Bonchev–Trinajstić information content (AvgIpc) is 2.39. The number of ether oxygens (including phenoxy) is 1. The monoisotopic (exact) mass is 266 g/mol. The molecule has 0 aliphatic heterocycles. The summed E-state index contributed by atoms with van der Waals surface area (Å²) in [6.45, 7) is 3.16. The van der Waals surface area contributed by atoms with Crippen molar-refractivity contribution in [2.75, 3.05) is 6.61 Å². The van der Waals surface area contributed by atoms with Gasteiger partial charge in [0.05, 0.1) is 18.1 Å². The molecule has 1 aliphatic rings. The molecule has 0 saturated heterocycles. The second-order valence-electron chi connectivity index (χ2n) is 4.54. The first-order valence-electron chi connectivity index (χ1n) is 6.29. The predicted molar refractivity (Wildman–Crippen MR) is 67.4 cm³/mol. The highest BCUT2D eigenvalue weighted by Crippen LogP contribution is 2.30. The molecule has 0 amide bonds. The van der Waals surface area contributed by atoms with E-state index in [-0.39, 0.29) is 6.61 Å². The summed E-state index contributed by atoms with van der Waals surface area (Å²) in [6, 6.07) is 0. The Hall–Kier alpha value is -1.78. The molecule has 0 spiro atoms. The number of carbonyl (C=O) groups is 2. The van der Waals surface area contributed by atoms with Crippen molar-refractivity contribution < 1.29 is 24.2 Å². The Kier molecular flexibility index (Phi) is 5.15. The van der Waals surface area contributed by atoms with Gasteiger partial charge in [-0.2, -0.15) is 4.79 Å². The van der Waals surface area contributed by atoms with Gasteiger partial charge in [-0.05, 0) is 26.2 Å². The molecule has 0 saturated carbocycles. The molecule has 1 aliphatic carbocycles. The van der Waals surface area contributed by atoms with Gasteiger partial charge in [0.15, 0.2) is 0 Å². The van der Waals surface area contributed by atoms with Crippen LogP contribution in [0.1, 0.15) is 33.1 Å². The number of aliphatic hydroxyl groups is 1. The molecule has 2 unspecified atom stereocenters. The summed E-state index contributed by atoms with van der Waals surface area (Å²) >= 11 is 0. The molecule has 0 bridgehead atoms. The summed E-state index contributed by atoms with van der Waals surface area (Å²) in [4.78, 5) is 26.3. The number of esters is 1. The number of ketones is 1. The van der Waals surface area contributed by atoms with Crippen molar-refractivity contribution in [1.29, 1.82) is 0 Å². The summed E-state index contributed by atoms with van der Waals surface area (Å²) in [6.07, 6.45) is 5.40. The maximum absolute atomic E-state index is 12.1. The molecular weight excluding hydrogens is 248 g/mol. The Morgan fingerprint density at radius 3 is 2.74 bits per heavy atom. The third-order valence-electron chi connectivity index (χ3n) is 3.30. The van der Waals surface area contributed by atoms with Gasteiger partial charge in [0, 0.05) is 0 Å². The molecule has 0 aromatic carbocycles. The Bertz CT molecular complexity index is 452. The van der Waals surface area contributed by atoms with Crippen molar-refractivity contribution in [1.82, 2.24) is 0 Å². The number of Topliss-reactive ketones (excluding diaryl/α,β-unsaturated/α-hetero) is 1. The molecule has 1 N–H and O–H groups in total. The van der Waals surface area contributed by atoms with Crippen LogP contribution in [0.4, 0.5) is 0 Å². The Balaban J connectivity index is 2.92. The summed E-state index contributed by atoms with van der Waals surface area (Å²) < 4.78 is 4.64. The number of rotatable bonds is 5. The van der Waals surface area contributed by atoms with Gasteiger partial charge in [-0.15, -0.1) is 0 Å². The standard InChI is InChI=1S/C13H18N2O4/c1-3-19-12(17)10(15-14)11(16)9(2)13(18)7-5-4-6-8-13/h5,7,9,18H,3-4,6,8H2,1-2H3. The quantitative estimate of drug-likeness (QED) is 0.199. The molecule has 0 fully saturated rings. The van der Waals surface area contributed by atoms with Gasteiger partial charge in [0.2, 0.25) is 0 Å². The molecule has 0 radical (unpaired) electrons. The Morgan fingerprint density at radius 2 is 2.26 bits per heavy atom. The van der Waals surface area contributed by atoms with E-state index >= 15 is 0 Å². The summed E-state index contributed by atoms with van der Waals surface area (Å²) in [5.41, 5.74) is 6.80. The molecule has 19 heavy (non-hydrogen) atoms. The van der Waals surface area contributed by atoms with E-state index in [4.69, 9.17) is 5.53 Å². The van der Waals surface area contributed by atoms with Crippen molar-refractivity contribution in [2.24, 2.45) is 5.92 Å². The number of allylic oxidation sites excluding steroid dienone is 1. The van der Waals surface area contributed by atoms with Gasteiger partial charge in [0.1, 0.15) is 0 Å². The fourth-order valence-corrected chi connectivity index (χ4v) is 2.06. The minimum absolute atomic E-state index is 0.0731. The van der Waals surface area contributed by atoms with E-state index in [1.807, 2.05) is 0 Å². The third kappa shape index (κ3) is 3.36. The topological polar surface area (TPSA) is 100 Å². The van der Waals surface area contributed by atoms with Crippen LogP contribution in [0.15, 0.2) is 12.2 Å². The van der Waals surface area contributed by atoms with Crippen LogP contribution in [0, 0.1) is 5.92 Å². The number of hydrogen-bond acceptors (Lipinski definition) is 4. The van der Waals surface area contributed by atoms with E-state index in [2.05, 4.69) is 9.53 Å². The van der Waals surface area contributed by atoms with Crippen LogP contribution in [0.3, 0.4) is 0 Å². The highest BCUT2D eigenvalue weighted by Gasteiger charge is 2.44. The molecule has 2 atom stereocenters. The lowest BCUT2D eigenvalue weighted by atomic mass is 9.78. The minimum Gasteiger partial charge on any atom is -0.457 e. The van der Waals surface area contributed by atoms with Crippen LogP contribution in [0.5, 0.6) is 0 Å². The van der Waals surface area contributed by atoms with Crippen molar-refractivity contribution in [3.8, 4) is 0 Å².